The van der Waals surface area contributed by atoms with Crippen LogP contribution >= 0.6 is 0 Å². The topological polar surface area (TPSA) is 409 Å². The molecule has 27 heteroatoms. The standard InChI is InChI=1S/C28H48N2O24S/c1-7(34)29-13-18(39)22(52-28-21(42)24(54-55(44,45)46)16(37)10(4-32)50-28)11(5-33)51-26(13)47-6-12-17(38)23(14(25(43)48-12)30-8(2)35)53-27-20(41)19(40)15(36)9(3-31)49-27/h9-28,31-33,36-43H,3-6H2,1-2H3,(H,29,34)(H,30,35)(H,44,45,46)/t9-,10-,11-,12-,13-,14-,15+,16+,17+,18-,19+,20-,21-,22-,23-,24+,25+,26-,27+,28+/m1/s1. The zero-order chi connectivity index (χ0) is 41.1. The number of aliphatic hydroxyl groups excluding tert-OH is 11. The van der Waals surface area contributed by atoms with Gasteiger partial charge in [-0.1, -0.05) is 0 Å². The fraction of sp³-hybridized carbons (Fsp3) is 0.929. The number of hydrogen-bond acceptors (Lipinski definition) is 23. The van der Waals surface area contributed by atoms with Gasteiger partial charge in [0, 0.05) is 13.8 Å². The van der Waals surface area contributed by atoms with Crippen LogP contribution in [0, 0.1) is 0 Å². The maximum atomic E-state index is 12.2. The Hall–Kier alpha value is -1.91. The van der Waals surface area contributed by atoms with Crippen molar-refractivity contribution in [3.63, 3.8) is 0 Å². The lowest BCUT2D eigenvalue weighted by Gasteiger charge is -2.48. The van der Waals surface area contributed by atoms with Crippen LogP contribution in [0.5, 0.6) is 0 Å². The average Bonchev–Trinajstić information content (AvgIpc) is 3.11. The molecule has 4 fully saturated rings. The second kappa shape index (κ2) is 19.2. The maximum Gasteiger partial charge on any atom is 0.397 e. The lowest BCUT2D eigenvalue weighted by molar-refractivity contribution is -0.355. The summed E-state index contributed by atoms with van der Waals surface area (Å²) in [5, 5.41) is 119. The van der Waals surface area contributed by atoms with E-state index < -0.39 is 171 Å². The Kier molecular flexibility index (Phi) is 16.0. The van der Waals surface area contributed by atoms with E-state index in [1.807, 2.05) is 0 Å². The molecule has 26 nitrogen and oxygen atoms in total. The maximum absolute atomic E-state index is 12.2. The van der Waals surface area contributed by atoms with E-state index in [1.54, 1.807) is 0 Å². The molecule has 0 aromatic rings. The Morgan fingerprint density at radius 3 is 1.60 bits per heavy atom. The van der Waals surface area contributed by atoms with Crippen molar-refractivity contribution in [2.75, 3.05) is 26.4 Å². The second-order valence-corrected chi connectivity index (χ2v) is 14.2. The monoisotopic (exact) mass is 828 g/mol. The first-order valence-electron chi connectivity index (χ1n) is 16.7. The third-order valence-electron chi connectivity index (χ3n) is 9.20. The first-order valence-corrected chi connectivity index (χ1v) is 18.1. The molecule has 0 saturated carbocycles. The summed E-state index contributed by atoms with van der Waals surface area (Å²) in [5.41, 5.74) is 0. The molecule has 4 heterocycles. The van der Waals surface area contributed by atoms with E-state index >= 15 is 0 Å². The highest BCUT2D eigenvalue weighted by Crippen LogP contribution is 2.33. The van der Waals surface area contributed by atoms with Crippen LogP contribution < -0.4 is 10.6 Å². The molecule has 0 aliphatic carbocycles. The summed E-state index contributed by atoms with van der Waals surface area (Å²) in [6.07, 6.45) is -33.3. The van der Waals surface area contributed by atoms with E-state index in [0.29, 0.717) is 0 Å². The third-order valence-corrected chi connectivity index (χ3v) is 9.66. The van der Waals surface area contributed by atoms with Gasteiger partial charge < -0.3 is 100.0 Å². The van der Waals surface area contributed by atoms with Gasteiger partial charge in [0.2, 0.25) is 11.8 Å². The number of hydrogen-bond donors (Lipinski definition) is 14. The van der Waals surface area contributed by atoms with Crippen molar-refractivity contribution >= 4 is 22.2 Å². The van der Waals surface area contributed by atoms with Crippen molar-refractivity contribution in [2.24, 2.45) is 0 Å². The van der Waals surface area contributed by atoms with Gasteiger partial charge in [0.05, 0.1) is 26.4 Å². The smallest absolute Gasteiger partial charge is 0.394 e. The Morgan fingerprint density at radius 2 is 1.05 bits per heavy atom. The van der Waals surface area contributed by atoms with E-state index in [9.17, 15) is 74.2 Å². The lowest BCUT2D eigenvalue weighted by atomic mass is 9.94. The number of ether oxygens (including phenoxy) is 7. The van der Waals surface area contributed by atoms with Crippen LogP contribution in [0.2, 0.25) is 0 Å². The summed E-state index contributed by atoms with van der Waals surface area (Å²) in [4.78, 5) is 24.2. The largest absolute Gasteiger partial charge is 0.397 e. The Bertz CT molecular complexity index is 1380. The van der Waals surface area contributed by atoms with Crippen LogP contribution in [0.4, 0.5) is 0 Å². The molecule has 4 saturated heterocycles. The zero-order valence-corrected chi connectivity index (χ0v) is 29.9. The quantitative estimate of drug-likeness (QED) is 0.0723. The van der Waals surface area contributed by atoms with Crippen LogP contribution in [0.1, 0.15) is 13.8 Å². The van der Waals surface area contributed by atoms with Crippen molar-refractivity contribution < 1.29 is 116 Å². The molecular weight excluding hydrogens is 780 g/mol. The predicted octanol–water partition coefficient (Wildman–Crippen LogP) is -9.63. The van der Waals surface area contributed by atoms with E-state index in [4.69, 9.17) is 37.7 Å². The molecule has 0 unspecified atom stereocenters. The molecule has 4 aliphatic rings. The molecular formula is C28H48N2O24S. The van der Waals surface area contributed by atoms with Crippen molar-refractivity contribution in [1.29, 1.82) is 0 Å². The van der Waals surface area contributed by atoms with Gasteiger partial charge in [-0.05, 0) is 0 Å². The van der Waals surface area contributed by atoms with Crippen LogP contribution in [0.15, 0.2) is 0 Å². The van der Waals surface area contributed by atoms with Crippen LogP contribution in [-0.4, -0.2) is 230 Å². The van der Waals surface area contributed by atoms with Crippen molar-refractivity contribution in [3.05, 3.63) is 0 Å². The van der Waals surface area contributed by atoms with E-state index in [-0.39, 0.29) is 0 Å². The van der Waals surface area contributed by atoms with E-state index in [0.717, 1.165) is 13.8 Å². The molecule has 0 radical (unpaired) electrons. The normalized spacial score (nSPS) is 45.5. The summed E-state index contributed by atoms with van der Waals surface area (Å²) in [7, 11) is -5.29. The third kappa shape index (κ3) is 10.8. The number of rotatable bonds is 14. The van der Waals surface area contributed by atoms with Crippen LogP contribution in [0.3, 0.4) is 0 Å². The Morgan fingerprint density at radius 1 is 0.564 bits per heavy atom. The highest BCUT2D eigenvalue weighted by molar-refractivity contribution is 7.80. The van der Waals surface area contributed by atoms with Gasteiger partial charge in [0.1, 0.15) is 97.5 Å². The molecule has 4 rings (SSSR count). The zero-order valence-electron chi connectivity index (χ0n) is 29.0. The number of nitrogens with one attached hydrogen (secondary N) is 2. The molecule has 320 valence electrons. The Balaban J connectivity index is 1.53. The second-order valence-electron chi connectivity index (χ2n) is 13.2. The first kappa shape index (κ1) is 45.8. The Labute approximate surface area is 311 Å². The van der Waals surface area contributed by atoms with Gasteiger partial charge >= 0.3 is 10.4 Å². The average molecular weight is 829 g/mol. The molecule has 20 atom stereocenters. The van der Waals surface area contributed by atoms with E-state index in [1.165, 1.54) is 0 Å². The van der Waals surface area contributed by atoms with Gasteiger partial charge in [0.25, 0.3) is 0 Å². The molecule has 14 N–H and O–H groups in total. The summed E-state index contributed by atoms with van der Waals surface area (Å²) < 4.78 is 75.1. The lowest BCUT2D eigenvalue weighted by Crippen LogP contribution is -2.69. The number of aliphatic hydroxyl groups is 11. The molecule has 55 heavy (non-hydrogen) atoms. The summed E-state index contributed by atoms with van der Waals surface area (Å²) in [5.74, 6) is -1.51. The summed E-state index contributed by atoms with van der Waals surface area (Å²) >= 11 is 0. The fourth-order valence-corrected chi connectivity index (χ4v) is 6.99. The highest BCUT2D eigenvalue weighted by atomic mass is 32.3. The van der Waals surface area contributed by atoms with Gasteiger partial charge in [-0.15, -0.1) is 0 Å². The van der Waals surface area contributed by atoms with Gasteiger partial charge in [-0.2, -0.15) is 8.42 Å². The summed E-state index contributed by atoms with van der Waals surface area (Å²) in [6, 6.07) is -3.17. The minimum absolute atomic E-state index is 0.734. The molecule has 2 amide bonds. The molecule has 0 aromatic carbocycles. The first-order chi connectivity index (χ1) is 25.7. The van der Waals surface area contributed by atoms with Crippen molar-refractivity contribution in [3.8, 4) is 0 Å². The minimum Gasteiger partial charge on any atom is -0.394 e. The SMILES string of the molecule is CC(=O)N[C@@H]1[C@@H](O[C@@H]2O[C@H](CO)[C@H](O)[C@H](O)[C@H]2O)[C@@H](O)[C@@H](CO[C@@H]2O[C@H](CO)[C@@H](O[C@@H]3O[C@H](CO)[C@H](O)[C@H](OS(=O)(=O)O)[C@H]3O)[C@H](O)[C@H]2NC(C)=O)O[C@@H]1O. The van der Waals surface area contributed by atoms with Gasteiger partial charge in [0.15, 0.2) is 25.2 Å². The highest BCUT2D eigenvalue weighted by Gasteiger charge is 2.55. The van der Waals surface area contributed by atoms with E-state index in [2.05, 4.69) is 14.8 Å². The molecule has 0 aromatic heterocycles. The molecule has 0 bridgehead atoms. The minimum atomic E-state index is -5.29. The van der Waals surface area contributed by atoms with Crippen molar-refractivity contribution in [2.45, 2.75) is 137 Å². The summed E-state index contributed by atoms with van der Waals surface area (Å²) in [6.45, 7) is -1.47. The molecule has 0 spiro atoms. The number of amides is 2. The van der Waals surface area contributed by atoms with Crippen LogP contribution in [0.25, 0.3) is 0 Å². The predicted molar refractivity (Wildman–Crippen MR) is 167 cm³/mol. The fourth-order valence-electron chi connectivity index (χ4n) is 6.49. The molecule has 4 aliphatic heterocycles. The number of carbonyl (C=O) groups excluding carboxylic acids is 2. The van der Waals surface area contributed by atoms with Crippen LogP contribution in [-0.2, 0) is 57.3 Å². The van der Waals surface area contributed by atoms with Crippen molar-refractivity contribution in [1.82, 2.24) is 10.6 Å². The van der Waals surface area contributed by atoms with Gasteiger partial charge in [-0.3, -0.25) is 14.1 Å². The van der Waals surface area contributed by atoms with Gasteiger partial charge in [-0.25, -0.2) is 4.18 Å². The number of carbonyl (C=O) groups is 2.